The van der Waals surface area contributed by atoms with Crippen LogP contribution in [0.25, 0.3) is 0 Å². The van der Waals surface area contributed by atoms with E-state index in [0.29, 0.717) is 0 Å². The molecule has 11 heteroatoms. The van der Waals surface area contributed by atoms with E-state index in [1.54, 1.807) is 0 Å². The Kier molecular flexibility index (Phi) is 4.62. The molecule has 1 N–H and O–H groups in total. The number of nitrogens with zero attached hydrogens (tertiary/aromatic N) is 5. The Hall–Kier alpha value is -3.24. The lowest BCUT2D eigenvalue weighted by atomic mass is 10.3. The highest BCUT2D eigenvalue weighted by atomic mass is 16.6. The molecule has 0 atom stereocenters. The van der Waals surface area contributed by atoms with Gasteiger partial charge in [0.1, 0.15) is 17.9 Å². The predicted octanol–water partition coefficient (Wildman–Crippen LogP) is 0.567. The number of carbonyl (C=O) groups is 2. The number of aryl methyl sites for hydroxylation is 2. The minimum absolute atomic E-state index is 0.0881. The van der Waals surface area contributed by atoms with E-state index in [4.69, 9.17) is 0 Å². The van der Waals surface area contributed by atoms with Gasteiger partial charge >= 0.3 is 11.7 Å². The van der Waals surface area contributed by atoms with Crippen molar-refractivity contribution in [3.8, 4) is 0 Å². The van der Waals surface area contributed by atoms with Crippen LogP contribution in [-0.4, -0.2) is 43.5 Å². The molecule has 0 aliphatic heterocycles. The van der Waals surface area contributed by atoms with Crippen molar-refractivity contribution in [1.29, 1.82) is 0 Å². The zero-order valence-corrected chi connectivity index (χ0v) is 13.6. The van der Waals surface area contributed by atoms with Crippen LogP contribution >= 0.6 is 0 Å². The van der Waals surface area contributed by atoms with Gasteiger partial charge in [0, 0.05) is 7.05 Å². The number of hydrogen-bond donors (Lipinski definition) is 1. The number of nitrogens with one attached hydrogen (secondary N) is 1. The van der Waals surface area contributed by atoms with Gasteiger partial charge in [-0.15, -0.1) is 0 Å². The fourth-order valence-corrected chi connectivity index (χ4v) is 2.30. The summed E-state index contributed by atoms with van der Waals surface area (Å²) in [5.74, 6) is -1.15. The molecule has 2 rings (SSSR count). The molecule has 0 spiro atoms. The van der Waals surface area contributed by atoms with Gasteiger partial charge in [0.15, 0.2) is 5.69 Å². The number of ether oxygens (including phenoxy) is 1. The third-order valence-corrected chi connectivity index (χ3v) is 3.41. The molecule has 128 valence electrons. The van der Waals surface area contributed by atoms with Crippen LogP contribution in [0.2, 0.25) is 0 Å². The van der Waals surface area contributed by atoms with Crippen LogP contribution in [0.3, 0.4) is 0 Å². The number of anilines is 1. The van der Waals surface area contributed by atoms with E-state index in [-0.39, 0.29) is 35.0 Å². The molecule has 0 bridgehead atoms. The van der Waals surface area contributed by atoms with Gasteiger partial charge in [-0.05, 0) is 13.8 Å². The number of carbonyl (C=O) groups excluding carboxylic acids is 2. The van der Waals surface area contributed by atoms with Gasteiger partial charge in [-0.3, -0.25) is 24.3 Å². The normalized spacial score (nSPS) is 10.5. The smallest absolute Gasteiger partial charge is 0.358 e. The third kappa shape index (κ3) is 3.09. The Morgan fingerprint density at radius 2 is 2.08 bits per heavy atom. The molecular formula is C13H16N6O5. The summed E-state index contributed by atoms with van der Waals surface area (Å²) in [4.78, 5) is 34.3. The first-order chi connectivity index (χ1) is 11.3. The summed E-state index contributed by atoms with van der Waals surface area (Å²) >= 11 is 0. The highest BCUT2D eigenvalue weighted by molar-refractivity contribution is 5.99. The Labute approximate surface area is 136 Å². The number of hydrogen-bond acceptors (Lipinski definition) is 7. The topological polar surface area (TPSA) is 134 Å². The van der Waals surface area contributed by atoms with Crippen molar-refractivity contribution in [2.75, 3.05) is 12.4 Å². The summed E-state index contributed by atoms with van der Waals surface area (Å²) in [6.07, 6.45) is 1.31. The summed E-state index contributed by atoms with van der Waals surface area (Å²) in [5.41, 5.74) is 0.643. The molecule has 0 aliphatic carbocycles. The Balaban J connectivity index is 2.20. The standard InChI is InChI=1S/C13H16N6O5/c1-7-11(19(22)23)8(2)18(16-7)6-10(20)15-9-5-14-17(3)12(9)13(21)24-4/h5H,6H2,1-4H3,(H,15,20). The third-order valence-electron chi connectivity index (χ3n) is 3.41. The second kappa shape index (κ2) is 6.48. The Bertz CT molecular complexity index is 821. The molecule has 2 aromatic heterocycles. The molecule has 0 unspecified atom stereocenters. The first kappa shape index (κ1) is 17.1. The van der Waals surface area contributed by atoms with Crippen LogP contribution in [0, 0.1) is 24.0 Å². The maximum Gasteiger partial charge on any atom is 0.358 e. The molecule has 0 aromatic carbocycles. The number of methoxy groups -OCH3 is 1. The zero-order chi connectivity index (χ0) is 18.0. The number of aromatic nitrogens is 4. The summed E-state index contributed by atoms with van der Waals surface area (Å²) in [7, 11) is 2.75. The van der Waals surface area contributed by atoms with Crippen LogP contribution in [0.5, 0.6) is 0 Å². The maximum absolute atomic E-state index is 12.2. The van der Waals surface area contributed by atoms with Crippen LogP contribution in [0.1, 0.15) is 21.9 Å². The average molecular weight is 336 g/mol. The molecule has 24 heavy (non-hydrogen) atoms. The van der Waals surface area contributed by atoms with E-state index in [1.807, 2.05) is 0 Å². The lowest BCUT2D eigenvalue weighted by Crippen LogP contribution is -2.22. The second-order valence-corrected chi connectivity index (χ2v) is 5.00. The maximum atomic E-state index is 12.2. The molecule has 11 nitrogen and oxygen atoms in total. The summed E-state index contributed by atoms with van der Waals surface area (Å²) in [5, 5.41) is 21.4. The van der Waals surface area contributed by atoms with Crippen LogP contribution in [0.4, 0.5) is 11.4 Å². The molecule has 0 fully saturated rings. The summed E-state index contributed by atoms with van der Waals surface area (Å²) < 4.78 is 7.14. The van der Waals surface area contributed by atoms with Crippen molar-refractivity contribution in [3.63, 3.8) is 0 Å². The monoisotopic (exact) mass is 336 g/mol. The largest absolute Gasteiger partial charge is 0.464 e. The molecule has 0 saturated heterocycles. The fraction of sp³-hybridized carbons (Fsp3) is 0.385. The van der Waals surface area contributed by atoms with Crippen molar-refractivity contribution in [2.45, 2.75) is 20.4 Å². The Morgan fingerprint density at radius 1 is 1.42 bits per heavy atom. The lowest BCUT2D eigenvalue weighted by molar-refractivity contribution is -0.386. The minimum atomic E-state index is -0.646. The van der Waals surface area contributed by atoms with Crippen molar-refractivity contribution >= 4 is 23.3 Å². The van der Waals surface area contributed by atoms with Gasteiger partial charge in [0.25, 0.3) is 0 Å². The van der Waals surface area contributed by atoms with E-state index in [9.17, 15) is 19.7 Å². The van der Waals surface area contributed by atoms with Gasteiger partial charge in [-0.1, -0.05) is 0 Å². The van der Waals surface area contributed by atoms with Gasteiger partial charge in [0.2, 0.25) is 5.91 Å². The van der Waals surface area contributed by atoms with E-state index >= 15 is 0 Å². The van der Waals surface area contributed by atoms with Crippen LogP contribution in [-0.2, 0) is 23.1 Å². The fourth-order valence-electron chi connectivity index (χ4n) is 2.30. The molecular weight excluding hydrogens is 320 g/mol. The zero-order valence-electron chi connectivity index (χ0n) is 13.6. The lowest BCUT2D eigenvalue weighted by Gasteiger charge is -2.07. The SMILES string of the molecule is COC(=O)c1c(NC(=O)Cn2nc(C)c([N+](=O)[O-])c2C)cnn1C. The number of esters is 1. The van der Waals surface area contributed by atoms with Crippen LogP contribution < -0.4 is 5.32 Å². The van der Waals surface area contributed by atoms with E-state index < -0.39 is 16.8 Å². The Morgan fingerprint density at radius 3 is 2.62 bits per heavy atom. The van der Waals surface area contributed by atoms with Gasteiger partial charge in [-0.2, -0.15) is 10.2 Å². The first-order valence-electron chi connectivity index (χ1n) is 6.84. The number of amides is 1. The van der Waals surface area contributed by atoms with Gasteiger partial charge in [-0.25, -0.2) is 4.79 Å². The van der Waals surface area contributed by atoms with E-state index in [2.05, 4.69) is 20.3 Å². The molecule has 0 aliphatic rings. The van der Waals surface area contributed by atoms with E-state index in [1.165, 1.54) is 43.6 Å². The van der Waals surface area contributed by atoms with Crippen LogP contribution in [0.15, 0.2) is 6.20 Å². The molecule has 2 heterocycles. The quantitative estimate of drug-likeness (QED) is 0.479. The van der Waals surface area contributed by atoms with Gasteiger partial charge < -0.3 is 10.1 Å². The van der Waals surface area contributed by atoms with Crippen molar-refractivity contribution in [1.82, 2.24) is 19.6 Å². The first-order valence-corrected chi connectivity index (χ1v) is 6.84. The summed E-state index contributed by atoms with van der Waals surface area (Å²) in [6.45, 7) is 2.77. The molecule has 0 radical (unpaired) electrons. The predicted molar refractivity (Wildman–Crippen MR) is 81.5 cm³/mol. The second-order valence-electron chi connectivity index (χ2n) is 5.00. The van der Waals surface area contributed by atoms with Crippen molar-refractivity contribution in [3.05, 3.63) is 33.4 Å². The minimum Gasteiger partial charge on any atom is -0.464 e. The molecule has 1 amide bonds. The van der Waals surface area contributed by atoms with Gasteiger partial charge in [0.05, 0.1) is 23.9 Å². The van der Waals surface area contributed by atoms with Crippen molar-refractivity contribution < 1.29 is 19.2 Å². The molecule has 0 saturated carbocycles. The number of rotatable bonds is 5. The molecule has 2 aromatic rings. The highest BCUT2D eigenvalue weighted by Gasteiger charge is 2.24. The number of nitro groups is 1. The van der Waals surface area contributed by atoms with Crippen molar-refractivity contribution in [2.24, 2.45) is 7.05 Å². The summed E-state index contributed by atoms with van der Waals surface area (Å²) in [6, 6.07) is 0. The van der Waals surface area contributed by atoms with E-state index in [0.717, 1.165) is 0 Å². The highest BCUT2D eigenvalue weighted by Crippen LogP contribution is 2.22. The average Bonchev–Trinajstić information content (AvgIpc) is 2.98.